The molecule has 5 heteroatoms. The van der Waals surface area contributed by atoms with Crippen molar-refractivity contribution >= 4 is 24.9 Å². The molecule has 0 fully saturated rings. The summed E-state index contributed by atoms with van der Waals surface area (Å²) in [5.74, 6) is 0.654. The Labute approximate surface area is 57.1 Å². The summed E-state index contributed by atoms with van der Waals surface area (Å²) >= 11 is 5.22. The second-order valence-electron chi connectivity index (χ2n) is 1.57. The summed E-state index contributed by atoms with van der Waals surface area (Å²) in [7, 11) is -2.87. The van der Waals surface area contributed by atoms with E-state index in [4.69, 9.17) is 11.6 Å². The van der Waals surface area contributed by atoms with Crippen molar-refractivity contribution in [1.29, 1.82) is 0 Å². The van der Waals surface area contributed by atoms with E-state index in [0.717, 1.165) is 6.08 Å². The summed E-state index contributed by atoms with van der Waals surface area (Å²) in [5.41, 5.74) is -0.130. The molecule has 0 spiro atoms. The third-order valence-corrected chi connectivity index (χ3v) is 3.27. The van der Waals surface area contributed by atoms with Gasteiger partial charge in [0.05, 0.1) is 0 Å². The summed E-state index contributed by atoms with van der Waals surface area (Å²) < 4.78 is 15.3. The largest absolute Gasteiger partial charge is 0.404 e. The molecule has 0 aromatic heterocycles. The van der Waals surface area contributed by atoms with Gasteiger partial charge in [0, 0.05) is 11.9 Å². The van der Waals surface area contributed by atoms with Crippen molar-refractivity contribution in [2.45, 2.75) is 0 Å². The van der Waals surface area contributed by atoms with Crippen LogP contribution in [0.4, 0.5) is 0 Å². The molecule has 1 atom stereocenters. The van der Waals surface area contributed by atoms with Crippen LogP contribution in [0.2, 0.25) is 0 Å². The Bertz CT molecular complexity index is 210. The molecule has 0 saturated heterocycles. The number of alkyl halides is 1. The maximum Gasteiger partial charge on any atom is 0.336 e. The first-order chi connectivity index (χ1) is 4.16. The van der Waals surface area contributed by atoms with E-state index in [1.807, 2.05) is 0 Å². The smallest absolute Gasteiger partial charge is 0.336 e. The Balaban J connectivity index is 2.80. The van der Waals surface area contributed by atoms with Crippen molar-refractivity contribution in [3.8, 4) is 0 Å². The zero-order valence-corrected chi connectivity index (χ0v) is 6.06. The molecule has 3 nitrogen and oxygen atoms in total. The van der Waals surface area contributed by atoms with Crippen LogP contribution in [0.3, 0.4) is 0 Å². The van der Waals surface area contributed by atoms with E-state index < -0.39 is 13.3 Å². The van der Waals surface area contributed by atoms with Gasteiger partial charge in [-0.3, -0.25) is 4.57 Å². The number of hydrogen-bond donors (Lipinski definition) is 0. The molecule has 0 N–H and O–H groups in total. The van der Waals surface area contributed by atoms with E-state index in [-0.39, 0.29) is 5.62 Å². The first-order valence-corrected chi connectivity index (χ1v) is 4.65. The fourth-order valence-corrected chi connectivity index (χ4v) is 1.74. The van der Waals surface area contributed by atoms with E-state index in [9.17, 15) is 9.36 Å². The second kappa shape index (κ2) is 2.16. The third-order valence-electron chi connectivity index (χ3n) is 0.849. The molecule has 1 aliphatic heterocycles. The number of rotatable bonds is 1. The molecule has 1 unspecified atom stereocenters. The topological polar surface area (TPSA) is 43.4 Å². The van der Waals surface area contributed by atoms with Crippen molar-refractivity contribution in [2.75, 3.05) is 5.62 Å². The molecule has 0 aliphatic carbocycles. The van der Waals surface area contributed by atoms with Gasteiger partial charge < -0.3 is 4.52 Å². The van der Waals surface area contributed by atoms with Crippen LogP contribution in [0.1, 0.15) is 0 Å². The van der Waals surface area contributed by atoms with Gasteiger partial charge in [0.25, 0.3) is 7.37 Å². The molecule has 50 valence electrons. The predicted molar refractivity (Wildman–Crippen MR) is 33.6 cm³/mol. The van der Waals surface area contributed by atoms with Crippen LogP contribution in [0.15, 0.2) is 11.9 Å². The number of carbonyl (C=O) groups excluding carboxylic acids is 1. The molecule has 1 aliphatic rings. The van der Waals surface area contributed by atoms with E-state index in [0.29, 0.717) is 0 Å². The predicted octanol–water partition coefficient (Wildman–Crippen LogP) is 1.53. The maximum atomic E-state index is 10.9. The molecule has 1 heterocycles. The van der Waals surface area contributed by atoms with Gasteiger partial charge in [-0.2, -0.15) is 0 Å². The molecule has 0 saturated carbocycles. The third kappa shape index (κ3) is 1.35. The number of halogens is 1. The fraction of sp³-hybridized carbons (Fsp3) is 0.250. The van der Waals surface area contributed by atoms with Gasteiger partial charge in [0.2, 0.25) is 0 Å². The van der Waals surface area contributed by atoms with Crippen LogP contribution in [0, 0.1) is 0 Å². The van der Waals surface area contributed by atoms with Gasteiger partial charge in [-0.25, -0.2) is 4.79 Å². The molecule has 0 aromatic rings. The van der Waals surface area contributed by atoms with Gasteiger partial charge in [-0.05, 0) is 0 Å². The molecule has 0 amide bonds. The van der Waals surface area contributed by atoms with Gasteiger partial charge in [0.1, 0.15) is 5.62 Å². The van der Waals surface area contributed by atoms with Gasteiger partial charge in [-0.15, -0.1) is 11.6 Å². The molecule has 9 heavy (non-hydrogen) atoms. The van der Waals surface area contributed by atoms with Crippen LogP contribution < -0.4 is 0 Å². The van der Waals surface area contributed by atoms with E-state index in [1.54, 1.807) is 0 Å². The SMILES string of the molecule is O=C1C=CP(=O)(CCl)O1. The Morgan fingerprint density at radius 2 is 2.44 bits per heavy atom. The lowest BCUT2D eigenvalue weighted by molar-refractivity contribution is -0.128. The van der Waals surface area contributed by atoms with Gasteiger partial charge in [0.15, 0.2) is 0 Å². The lowest BCUT2D eigenvalue weighted by atomic mass is 10.7. The van der Waals surface area contributed by atoms with Crippen LogP contribution in [0.25, 0.3) is 0 Å². The van der Waals surface area contributed by atoms with Crippen molar-refractivity contribution in [3.05, 3.63) is 11.9 Å². The summed E-state index contributed by atoms with van der Waals surface area (Å²) in [6, 6.07) is 0. The van der Waals surface area contributed by atoms with E-state index in [2.05, 4.69) is 4.52 Å². The minimum Gasteiger partial charge on any atom is -0.404 e. The van der Waals surface area contributed by atoms with Crippen molar-refractivity contribution in [2.24, 2.45) is 0 Å². The van der Waals surface area contributed by atoms with Crippen LogP contribution in [0.5, 0.6) is 0 Å². The zero-order valence-electron chi connectivity index (χ0n) is 4.41. The highest BCUT2D eigenvalue weighted by Crippen LogP contribution is 2.52. The summed E-state index contributed by atoms with van der Waals surface area (Å²) in [6.45, 7) is 0. The maximum absolute atomic E-state index is 10.9. The molecule has 0 radical (unpaired) electrons. The minimum absolute atomic E-state index is 0.130. The highest BCUT2D eigenvalue weighted by molar-refractivity contribution is 7.64. The Morgan fingerprint density at radius 3 is 2.67 bits per heavy atom. The fourth-order valence-electron chi connectivity index (χ4n) is 0.452. The van der Waals surface area contributed by atoms with E-state index in [1.165, 1.54) is 5.82 Å². The van der Waals surface area contributed by atoms with Crippen molar-refractivity contribution < 1.29 is 13.9 Å². The molecular formula is C4H4ClO3P. The second-order valence-corrected chi connectivity index (χ2v) is 4.46. The molecular weight excluding hydrogens is 162 g/mol. The zero-order chi connectivity index (χ0) is 6.91. The summed E-state index contributed by atoms with van der Waals surface area (Å²) in [5, 5.41) is 0. The number of carbonyl (C=O) groups is 1. The molecule has 0 aromatic carbocycles. The summed E-state index contributed by atoms with van der Waals surface area (Å²) in [4.78, 5) is 10.3. The minimum atomic E-state index is -2.87. The number of hydrogen-bond acceptors (Lipinski definition) is 3. The van der Waals surface area contributed by atoms with Crippen LogP contribution in [-0.4, -0.2) is 11.6 Å². The Morgan fingerprint density at radius 1 is 1.78 bits per heavy atom. The highest BCUT2D eigenvalue weighted by atomic mass is 35.5. The quantitative estimate of drug-likeness (QED) is 0.438. The lowest BCUT2D eigenvalue weighted by Crippen LogP contribution is -1.89. The Hall–Kier alpha value is -0.270. The normalized spacial score (nSPS) is 32.8. The van der Waals surface area contributed by atoms with Crippen molar-refractivity contribution in [1.82, 2.24) is 0 Å². The van der Waals surface area contributed by atoms with E-state index >= 15 is 0 Å². The van der Waals surface area contributed by atoms with Crippen LogP contribution >= 0.6 is 19.0 Å². The monoisotopic (exact) mass is 166 g/mol. The van der Waals surface area contributed by atoms with Gasteiger partial charge >= 0.3 is 5.97 Å². The first kappa shape index (κ1) is 6.84. The average Bonchev–Trinajstić information content (AvgIpc) is 2.13. The van der Waals surface area contributed by atoms with Gasteiger partial charge in [-0.1, -0.05) is 0 Å². The molecule has 0 bridgehead atoms. The Kier molecular flexibility index (Phi) is 1.64. The van der Waals surface area contributed by atoms with Crippen LogP contribution in [-0.2, 0) is 13.9 Å². The highest BCUT2D eigenvalue weighted by Gasteiger charge is 2.27. The molecule has 1 rings (SSSR count). The standard InChI is InChI=1S/C4H4ClO3P/c5-3-9(7)2-1-4(6)8-9/h1-2H,3H2. The van der Waals surface area contributed by atoms with Crippen molar-refractivity contribution in [3.63, 3.8) is 0 Å². The lowest BCUT2D eigenvalue weighted by Gasteiger charge is -2.01. The first-order valence-electron chi connectivity index (χ1n) is 2.24. The summed E-state index contributed by atoms with van der Waals surface area (Å²) in [6.07, 6.45) is 1.13. The average molecular weight is 166 g/mol.